The van der Waals surface area contributed by atoms with Crippen LogP contribution >= 0.6 is 0 Å². The van der Waals surface area contributed by atoms with Crippen LogP contribution in [0.25, 0.3) is 0 Å². The van der Waals surface area contributed by atoms with Crippen LogP contribution in [0.3, 0.4) is 0 Å². The fourth-order valence-electron chi connectivity index (χ4n) is 3.92. The van der Waals surface area contributed by atoms with Crippen LogP contribution < -0.4 is 9.04 Å². The van der Waals surface area contributed by atoms with Crippen molar-refractivity contribution >= 4 is 21.7 Å². The number of ether oxygens (including phenoxy) is 2. The van der Waals surface area contributed by atoms with Crippen molar-refractivity contribution in [3.05, 3.63) is 53.6 Å². The van der Waals surface area contributed by atoms with E-state index in [4.69, 9.17) is 9.47 Å². The second-order valence-corrected chi connectivity index (χ2v) is 8.99. The van der Waals surface area contributed by atoms with Crippen LogP contribution in [0.2, 0.25) is 0 Å². The normalized spacial score (nSPS) is 20.9. The van der Waals surface area contributed by atoms with Gasteiger partial charge in [-0.15, -0.1) is 0 Å². The third-order valence-electron chi connectivity index (χ3n) is 5.28. The van der Waals surface area contributed by atoms with E-state index in [-0.39, 0.29) is 23.6 Å². The van der Waals surface area contributed by atoms with Crippen LogP contribution in [0.4, 0.5) is 5.69 Å². The molecule has 0 aromatic heterocycles. The molecule has 7 heteroatoms. The maximum atomic E-state index is 13.5. The Morgan fingerprint density at radius 2 is 1.93 bits per heavy atom. The van der Waals surface area contributed by atoms with Gasteiger partial charge in [-0.1, -0.05) is 17.7 Å². The molecule has 0 saturated heterocycles. The molecule has 2 unspecified atom stereocenters. The molecule has 148 valence electrons. The molecule has 4 rings (SSSR count). The Labute approximate surface area is 165 Å². The Kier molecular flexibility index (Phi) is 4.79. The van der Waals surface area contributed by atoms with Crippen molar-refractivity contribution in [2.45, 2.75) is 50.2 Å². The summed E-state index contributed by atoms with van der Waals surface area (Å²) in [7, 11) is -3.75. The molecule has 2 atom stereocenters. The number of aryl methyl sites for hydroxylation is 1. The topological polar surface area (TPSA) is 72.9 Å². The molecule has 1 heterocycles. The highest BCUT2D eigenvalue weighted by atomic mass is 32.2. The number of rotatable bonds is 4. The van der Waals surface area contributed by atoms with Crippen LogP contribution in [0.15, 0.2) is 47.4 Å². The summed E-state index contributed by atoms with van der Waals surface area (Å²) in [6.45, 7) is 3.94. The van der Waals surface area contributed by atoms with E-state index >= 15 is 0 Å². The fourth-order valence-corrected chi connectivity index (χ4v) is 5.63. The van der Waals surface area contributed by atoms with Crippen molar-refractivity contribution < 1.29 is 22.7 Å². The molecule has 2 aliphatic rings. The third kappa shape index (κ3) is 3.13. The van der Waals surface area contributed by atoms with Gasteiger partial charge in [0.15, 0.2) is 0 Å². The minimum Gasteiger partial charge on any atom is -0.486 e. The summed E-state index contributed by atoms with van der Waals surface area (Å²) in [6, 6.07) is 11.4. The molecule has 2 aromatic rings. The average molecular weight is 401 g/mol. The molecule has 0 N–H and O–H groups in total. The van der Waals surface area contributed by atoms with E-state index in [0.29, 0.717) is 17.0 Å². The molecule has 1 aliphatic carbocycles. The number of benzene rings is 2. The molecule has 2 aromatic carbocycles. The van der Waals surface area contributed by atoms with E-state index in [9.17, 15) is 13.2 Å². The molecule has 0 bridgehead atoms. The maximum absolute atomic E-state index is 13.5. The first-order valence-electron chi connectivity index (χ1n) is 9.50. The predicted octanol–water partition coefficient (Wildman–Crippen LogP) is 3.68. The highest BCUT2D eigenvalue weighted by Crippen LogP contribution is 2.45. The van der Waals surface area contributed by atoms with Crippen molar-refractivity contribution in [3.8, 4) is 5.75 Å². The summed E-state index contributed by atoms with van der Waals surface area (Å²) in [5, 5.41) is 0. The Bertz CT molecular complexity index is 1000. The number of sulfonamides is 1. The molecule has 0 amide bonds. The quantitative estimate of drug-likeness (QED) is 0.731. The van der Waals surface area contributed by atoms with Crippen LogP contribution in [0, 0.1) is 6.92 Å². The molecule has 0 spiro atoms. The van der Waals surface area contributed by atoms with Crippen molar-refractivity contribution in [1.29, 1.82) is 0 Å². The lowest BCUT2D eigenvalue weighted by Crippen LogP contribution is -2.49. The van der Waals surface area contributed by atoms with Crippen LogP contribution in [0.5, 0.6) is 5.75 Å². The Hall–Kier alpha value is -2.54. The van der Waals surface area contributed by atoms with Gasteiger partial charge in [-0.25, -0.2) is 13.2 Å². The number of carbonyl (C=O) groups is 1. The molecular formula is C21H23NO5S. The van der Waals surface area contributed by atoms with Crippen LogP contribution in [-0.2, 0) is 14.8 Å². The lowest BCUT2D eigenvalue weighted by molar-refractivity contribution is 0.0525. The van der Waals surface area contributed by atoms with E-state index < -0.39 is 16.0 Å². The zero-order chi connectivity index (χ0) is 19.9. The van der Waals surface area contributed by atoms with E-state index in [1.54, 1.807) is 49.4 Å². The van der Waals surface area contributed by atoms with Gasteiger partial charge in [0.2, 0.25) is 0 Å². The summed E-state index contributed by atoms with van der Waals surface area (Å²) in [5.74, 6) is -0.0419. The summed E-state index contributed by atoms with van der Waals surface area (Å²) in [6.07, 6.45) is 2.21. The number of anilines is 1. The van der Waals surface area contributed by atoms with Crippen LogP contribution in [0.1, 0.15) is 42.1 Å². The number of hydrogen-bond donors (Lipinski definition) is 0. The van der Waals surface area contributed by atoms with Crippen molar-refractivity contribution in [2.24, 2.45) is 0 Å². The van der Waals surface area contributed by atoms with Gasteiger partial charge in [0.25, 0.3) is 10.0 Å². The van der Waals surface area contributed by atoms with E-state index in [0.717, 1.165) is 24.8 Å². The van der Waals surface area contributed by atoms with Crippen molar-refractivity contribution in [3.63, 3.8) is 0 Å². The molecule has 1 saturated carbocycles. The van der Waals surface area contributed by atoms with Crippen LogP contribution in [-0.4, -0.2) is 33.1 Å². The lowest BCUT2D eigenvalue weighted by atomic mass is 10.1. The fraction of sp³-hybridized carbons (Fsp3) is 0.381. The summed E-state index contributed by atoms with van der Waals surface area (Å²) in [4.78, 5) is 12.3. The number of carbonyl (C=O) groups excluding carboxylic acids is 1. The molecular weight excluding hydrogens is 378 g/mol. The first-order chi connectivity index (χ1) is 13.4. The Morgan fingerprint density at radius 1 is 1.18 bits per heavy atom. The lowest BCUT2D eigenvalue weighted by Gasteiger charge is -2.39. The summed E-state index contributed by atoms with van der Waals surface area (Å²) < 4.78 is 39.6. The first-order valence-corrected chi connectivity index (χ1v) is 10.9. The molecule has 28 heavy (non-hydrogen) atoms. The summed E-state index contributed by atoms with van der Waals surface area (Å²) in [5.41, 5.74) is 1.82. The predicted molar refractivity (Wildman–Crippen MR) is 105 cm³/mol. The zero-order valence-electron chi connectivity index (χ0n) is 15.9. The van der Waals surface area contributed by atoms with E-state index in [2.05, 4.69) is 0 Å². The third-order valence-corrected chi connectivity index (χ3v) is 7.14. The van der Waals surface area contributed by atoms with E-state index in [1.165, 1.54) is 4.31 Å². The monoisotopic (exact) mass is 401 g/mol. The van der Waals surface area contributed by atoms with Gasteiger partial charge < -0.3 is 9.47 Å². The Balaban J connectivity index is 1.80. The van der Waals surface area contributed by atoms with Gasteiger partial charge in [-0.3, -0.25) is 4.31 Å². The number of nitrogens with zero attached hydrogens (tertiary/aromatic N) is 1. The van der Waals surface area contributed by atoms with Gasteiger partial charge in [-0.05, 0) is 63.4 Å². The number of hydrogen-bond acceptors (Lipinski definition) is 5. The van der Waals surface area contributed by atoms with Gasteiger partial charge in [-0.2, -0.15) is 0 Å². The number of esters is 1. The number of fused-ring (bicyclic) bond motifs is 2. The highest BCUT2D eigenvalue weighted by Gasteiger charge is 2.45. The van der Waals surface area contributed by atoms with Crippen molar-refractivity contribution in [2.75, 3.05) is 10.9 Å². The minimum absolute atomic E-state index is 0.217. The van der Waals surface area contributed by atoms with Gasteiger partial charge in [0.1, 0.15) is 11.9 Å². The molecule has 1 fully saturated rings. The smallest absolute Gasteiger partial charge is 0.338 e. The highest BCUT2D eigenvalue weighted by molar-refractivity contribution is 7.92. The zero-order valence-corrected chi connectivity index (χ0v) is 16.7. The van der Waals surface area contributed by atoms with Gasteiger partial charge in [0.05, 0.1) is 28.8 Å². The van der Waals surface area contributed by atoms with Crippen molar-refractivity contribution in [1.82, 2.24) is 0 Å². The van der Waals surface area contributed by atoms with E-state index in [1.807, 2.05) is 6.92 Å². The second kappa shape index (κ2) is 7.13. The standard InChI is InChI=1S/C21H23NO5S/c1-3-26-21(23)15-9-12-18-20(13-15)27-19-6-4-5-17(19)22(18)28(24,25)16-10-7-14(2)8-11-16/h7-13,17,19H,3-6H2,1-2H3. The molecule has 1 aliphatic heterocycles. The minimum atomic E-state index is -3.75. The molecule has 6 nitrogen and oxygen atoms in total. The average Bonchev–Trinajstić information content (AvgIpc) is 3.13. The second-order valence-electron chi connectivity index (χ2n) is 7.17. The van der Waals surface area contributed by atoms with Gasteiger partial charge >= 0.3 is 5.97 Å². The molecule has 0 radical (unpaired) electrons. The SMILES string of the molecule is CCOC(=O)c1ccc2c(c1)OC1CCCC1N2S(=O)(=O)c1ccc(C)cc1. The maximum Gasteiger partial charge on any atom is 0.338 e. The Morgan fingerprint density at radius 3 is 2.64 bits per heavy atom. The first kappa shape index (κ1) is 18.8. The summed E-state index contributed by atoms with van der Waals surface area (Å²) >= 11 is 0. The largest absolute Gasteiger partial charge is 0.486 e. The van der Waals surface area contributed by atoms with Gasteiger partial charge in [0, 0.05) is 0 Å².